The average molecular weight is 271 g/mol. The van der Waals surface area contributed by atoms with E-state index in [1.807, 2.05) is 11.3 Å². The maximum absolute atomic E-state index is 3.57. The van der Waals surface area contributed by atoms with E-state index in [1.54, 1.807) is 0 Å². The maximum Gasteiger partial charge on any atom is 0.0510 e. The lowest BCUT2D eigenvalue weighted by atomic mass is 9.87. The molecule has 100 valence electrons. The molecule has 1 nitrogen and oxygen atoms in total. The largest absolute Gasteiger partial charge is 0.312 e. The zero-order chi connectivity index (χ0) is 13.3. The van der Waals surface area contributed by atoms with Gasteiger partial charge in [0.15, 0.2) is 0 Å². The van der Waals surface area contributed by atoms with E-state index in [4.69, 9.17) is 0 Å². The van der Waals surface area contributed by atoms with Crippen molar-refractivity contribution in [3.8, 4) is 0 Å². The van der Waals surface area contributed by atoms with Gasteiger partial charge in [-0.3, -0.25) is 0 Å². The lowest BCUT2D eigenvalue weighted by Crippen LogP contribution is -2.28. The van der Waals surface area contributed by atoms with Crippen molar-refractivity contribution >= 4 is 11.3 Å². The zero-order valence-corrected chi connectivity index (χ0v) is 12.5. The smallest absolute Gasteiger partial charge is 0.0510 e. The molecule has 0 bridgehead atoms. The summed E-state index contributed by atoms with van der Waals surface area (Å²) in [5, 5.41) is 3.57. The van der Waals surface area contributed by atoms with Gasteiger partial charge < -0.3 is 5.32 Å². The second kappa shape index (κ2) is 5.10. The van der Waals surface area contributed by atoms with Crippen molar-refractivity contribution < 1.29 is 0 Å². The first-order valence-corrected chi connectivity index (χ1v) is 7.93. The summed E-state index contributed by atoms with van der Waals surface area (Å²) in [6, 6.07) is 16.0. The first kappa shape index (κ1) is 12.9. The standard InChI is InChI=1S/C17H21NS/c1-3-14-9-10-15(19-14)16(18-2)17(11-12-17)13-7-5-4-6-8-13/h4-10,16,18H,3,11-12H2,1-2H3. The third-order valence-electron chi connectivity index (χ3n) is 4.29. The van der Waals surface area contributed by atoms with Crippen LogP contribution >= 0.6 is 11.3 Å². The topological polar surface area (TPSA) is 12.0 Å². The summed E-state index contributed by atoms with van der Waals surface area (Å²) < 4.78 is 0. The number of aryl methyl sites for hydroxylation is 1. The molecule has 1 aliphatic carbocycles. The van der Waals surface area contributed by atoms with E-state index in [9.17, 15) is 0 Å². The molecule has 0 amide bonds. The van der Waals surface area contributed by atoms with Gasteiger partial charge in [0.2, 0.25) is 0 Å². The molecular formula is C17H21NS. The van der Waals surface area contributed by atoms with E-state index in [1.165, 1.54) is 28.2 Å². The van der Waals surface area contributed by atoms with Crippen LogP contribution in [-0.2, 0) is 11.8 Å². The lowest BCUT2D eigenvalue weighted by Gasteiger charge is -2.26. The van der Waals surface area contributed by atoms with Crippen molar-refractivity contribution in [3.05, 3.63) is 57.8 Å². The van der Waals surface area contributed by atoms with Crippen molar-refractivity contribution in [2.24, 2.45) is 0 Å². The molecular weight excluding hydrogens is 250 g/mol. The Kier molecular flexibility index (Phi) is 3.46. The van der Waals surface area contributed by atoms with Gasteiger partial charge in [0.05, 0.1) is 6.04 Å². The Morgan fingerprint density at radius 3 is 2.42 bits per heavy atom. The zero-order valence-electron chi connectivity index (χ0n) is 11.6. The van der Waals surface area contributed by atoms with Crippen LogP contribution in [0.2, 0.25) is 0 Å². The summed E-state index contributed by atoms with van der Waals surface area (Å²) in [6.07, 6.45) is 3.73. The molecule has 19 heavy (non-hydrogen) atoms. The van der Waals surface area contributed by atoms with Crippen LogP contribution in [0.4, 0.5) is 0 Å². The second-order valence-electron chi connectivity index (χ2n) is 5.40. The molecule has 1 aromatic heterocycles. The number of benzene rings is 1. The van der Waals surface area contributed by atoms with E-state index >= 15 is 0 Å². The molecule has 2 heteroatoms. The van der Waals surface area contributed by atoms with Crippen molar-refractivity contribution in [1.29, 1.82) is 0 Å². The van der Waals surface area contributed by atoms with Gasteiger partial charge in [-0.2, -0.15) is 0 Å². The molecule has 1 aliphatic rings. The molecule has 1 saturated carbocycles. The Bertz CT molecular complexity index is 539. The maximum atomic E-state index is 3.57. The lowest BCUT2D eigenvalue weighted by molar-refractivity contribution is 0.470. The number of hydrogen-bond acceptors (Lipinski definition) is 2. The number of rotatable bonds is 5. The predicted octanol–water partition coefficient (Wildman–Crippen LogP) is 4.30. The Balaban J connectivity index is 1.94. The summed E-state index contributed by atoms with van der Waals surface area (Å²) in [5.41, 5.74) is 1.81. The van der Waals surface area contributed by atoms with Gasteiger partial charge >= 0.3 is 0 Å². The minimum atomic E-state index is 0.325. The summed E-state index contributed by atoms with van der Waals surface area (Å²) in [6.45, 7) is 2.23. The molecule has 0 aliphatic heterocycles. The molecule has 1 fully saturated rings. The number of hydrogen-bond donors (Lipinski definition) is 1. The molecule has 1 unspecified atom stereocenters. The highest BCUT2D eigenvalue weighted by Crippen LogP contribution is 2.57. The van der Waals surface area contributed by atoms with Gasteiger partial charge in [0.25, 0.3) is 0 Å². The van der Waals surface area contributed by atoms with Crippen LogP contribution in [0.5, 0.6) is 0 Å². The number of thiophene rings is 1. The Morgan fingerprint density at radius 2 is 1.89 bits per heavy atom. The number of nitrogens with one attached hydrogen (secondary N) is 1. The van der Waals surface area contributed by atoms with Crippen LogP contribution < -0.4 is 5.32 Å². The summed E-state index contributed by atoms with van der Waals surface area (Å²) >= 11 is 1.96. The van der Waals surface area contributed by atoms with E-state index in [-0.39, 0.29) is 0 Å². The van der Waals surface area contributed by atoms with E-state index in [0.29, 0.717) is 11.5 Å². The van der Waals surface area contributed by atoms with Crippen LogP contribution in [0.25, 0.3) is 0 Å². The second-order valence-corrected chi connectivity index (χ2v) is 6.60. The fourth-order valence-corrected chi connectivity index (χ4v) is 4.26. The average Bonchev–Trinajstić information content (AvgIpc) is 3.12. The SMILES string of the molecule is CCc1ccc(C(NC)C2(c3ccccc3)CC2)s1. The molecule has 0 saturated heterocycles. The van der Waals surface area contributed by atoms with Crippen molar-refractivity contribution in [1.82, 2.24) is 5.32 Å². The van der Waals surface area contributed by atoms with Crippen LogP contribution in [0.15, 0.2) is 42.5 Å². The van der Waals surface area contributed by atoms with E-state index in [2.05, 4.69) is 61.8 Å². The van der Waals surface area contributed by atoms with Crippen LogP contribution in [-0.4, -0.2) is 7.05 Å². The highest BCUT2D eigenvalue weighted by Gasteiger charge is 2.51. The third kappa shape index (κ3) is 2.24. The van der Waals surface area contributed by atoms with Gasteiger partial charge in [-0.25, -0.2) is 0 Å². The summed E-state index contributed by atoms with van der Waals surface area (Å²) in [4.78, 5) is 2.97. The molecule has 1 heterocycles. The fourth-order valence-electron chi connectivity index (χ4n) is 3.08. The van der Waals surface area contributed by atoms with Crippen molar-refractivity contribution in [2.75, 3.05) is 7.05 Å². The Morgan fingerprint density at radius 1 is 1.16 bits per heavy atom. The fraction of sp³-hybridized carbons (Fsp3) is 0.412. The summed E-state index contributed by atoms with van der Waals surface area (Å²) in [5.74, 6) is 0. The van der Waals surface area contributed by atoms with Gasteiger partial charge in [-0.05, 0) is 44.0 Å². The first-order chi connectivity index (χ1) is 9.30. The van der Waals surface area contributed by atoms with Crippen LogP contribution in [0, 0.1) is 0 Å². The normalized spacial score (nSPS) is 18.2. The molecule has 2 aromatic rings. The van der Waals surface area contributed by atoms with Crippen molar-refractivity contribution in [2.45, 2.75) is 37.6 Å². The van der Waals surface area contributed by atoms with Crippen LogP contribution in [0.3, 0.4) is 0 Å². The molecule has 1 atom stereocenters. The quantitative estimate of drug-likeness (QED) is 0.855. The first-order valence-electron chi connectivity index (χ1n) is 7.11. The molecule has 0 radical (unpaired) electrons. The summed E-state index contributed by atoms with van der Waals surface area (Å²) in [7, 11) is 2.10. The Hall–Kier alpha value is -1.12. The number of likely N-dealkylation sites (N-methyl/N-ethyl adjacent to an activating group) is 1. The Labute approximate surface area is 119 Å². The minimum Gasteiger partial charge on any atom is -0.312 e. The van der Waals surface area contributed by atoms with Crippen LogP contribution in [0.1, 0.15) is 41.1 Å². The third-order valence-corrected chi connectivity index (χ3v) is 5.59. The highest BCUT2D eigenvalue weighted by molar-refractivity contribution is 7.12. The molecule has 1 N–H and O–H groups in total. The molecule has 1 aromatic carbocycles. The van der Waals surface area contributed by atoms with E-state index in [0.717, 1.165) is 6.42 Å². The molecule has 3 rings (SSSR count). The minimum absolute atomic E-state index is 0.325. The van der Waals surface area contributed by atoms with E-state index < -0.39 is 0 Å². The van der Waals surface area contributed by atoms with Gasteiger partial charge in [-0.15, -0.1) is 11.3 Å². The van der Waals surface area contributed by atoms with Gasteiger partial charge in [0, 0.05) is 15.2 Å². The monoisotopic (exact) mass is 271 g/mol. The van der Waals surface area contributed by atoms with Gasteiger partial charge in [-0.1, -0.05) is 37.3 Å². The molecule has 0 spiro atoms. The predicted molar refractivity (Wildman–Crippen MR) is 82.9 cm³/mol. The van der Waals surface area contributed by atoms with Crippen molar-refractivity contribution in [3.63, 3.8) is 0 Å². The highest BCUT2D eigenvalue weighted by atomic mass is 32.1. The van der Waals surface area contributed by atoms with Gasteiger partial charge in [0.1, 0.15) is 0 Å².